The molecule has 0 saturated heterocycles. The lowest BCUT2D eigenvalue weighted by Gasteiger charge is -1.98. The minimum absolute atomic E-state index is 0.0463. The Labute approximate surface area is 95.3 Å². The standard InChI is InChI=1S/C12H15N3O/c1-9-6-7-11(13)12(15-9)5-3-4-8-14-10(2)16/h6-7H,4,8,13H2,1-2H3,(H,14,16). The number of hydrogen-bond donors (Lipinski definition) is 2. The summed E-state index contributed by atoms with van der Waals surface area (Å²) in [6, 6.07) is 3.64. The first-order chi connectivity index (χ1) is 7.59. The average molecular weight is 217 g/mol. The van der Waals surface area contributed by atoms with Crippen molar-refractivity contribution in [2.75, 3.05) is 12.3 Å². The van der Waals surface area contributed by atoms with Crippen molar-refractivity contribution >= 4 is 11.6 Å². The summed E-state index contributed by atoms with van der Waals surface area (Å²) < 4.78 is 0. The van der Waals surface area contributed by atoms with Gasteiger partial charge in [-0.05, 0) is 25.0 Å². The van der Waals surface area contributed by atoms with Crippen LogP contribution < -0.4 is 11.1 Å². The van der Waals surface area contributed by atoms with Gasteiger partial charge in [-0.2, -0.15) is 0 Å². The topological polar surface area (TPSA) is 68.0 Å². The van der Waals surface area contributed by atoms with Crippen LogP contribution in [0.2, 0.25) is 0 Å². The van der Waals surface area contributed by atoms with Crippen molar-refractivity contribution in [3.05, 3.63) is 23.5 Å². The van der Waals surface area contributed by atoms with Crippen LogP contribution in [-0.4, -0.2) is 17.4 Å². The molecule has 0 aromatic carbocycles. The second-order valence-corrected chi connectivity index (χ2v) is 3.43. The maximum absolute atomic E-state index is 10.6. The Morgan fingerprint density at radius 3 is 3.00 bits per heavy atom. The van der Waals surface area contributed by atoms with Crippen LogP contribution in [-0.2, 0) is 4.79 Å². The molecule has 16 heavy (non-hydrogen) atoms. The molecule has 0 aliphatic rings. The Bertz CT molecular complexity index is 443. The van der Waals surface area contributed by atoms with Gasteiger partial charge in [0.25, 0.3) is 0 Å². The minimum atomic E-state index is -0.0463. The molecule has 1 heterocycles. The van der Waals surface area contributed by atoms with Gasteiger partial charge < -0.3 is 11.1 Å². The second kappa shape index (κ2) is 5.76. The number of amides is 1. The van der Waals surface area contributed by atoms with Crippen molar-refractivity contribution in [1.82, 2.24) is 10.3 Å². The molecule has 0 aliphatic carbocycles. The third-order valence-electron chi connectivity index (χ3n) is 1.90. The minimum Gasteiger partial charge on any atom is -0.396 e. The lowest BCUT2D eigenvalue weighted by molar-refractivity contribution is -0.118. The maximum atomic E-state index is 10.6. The summed E-state index contributed by atoms with van der Waals surface area (Å²) >= 11 is 0. The number of hydrogen-bond acceptors (Lipinski definition) is 3. The maximum Gasteiger partial charge on any atom is 0.216 e. The van der Waals surface area contributed by atoms with E-state index in [1.54, 1.807) is 6.07 Å². The number of rotatable bonds is 2. The molecule has 0 spiro atoms. The van der Waals surface area contributed by atoms with Gasteiger partial charge in [0.2, 0.25) is 5.91 Å². The summed E-state index contributed by atoms with van der Waals surface area (Å²) in [4.78, 5) is 14.8. The van der Waals surface area contributed by atoms with Crippen LogP contribution >= 0.6 is 0 Å². The number of nitrogens with two attached hydrogens (primary N) is 1. The van der Waals surface area contributed by atoms with Crippen LogP contribution in [0.1, 0.15) is 24.7 Å². The van der Waals surface area contributed by atoms with E-state index >= 15 is 0 Å². The number of aromatic nitrogens is 1. The number of nitrogens with one attached hydrogen (secondary N) is 1. The molecule has 0 atom stereocenters. The number of pyridine rings is 1. The summed E-state index contributed by atoms with van der Waals surface area (Å²) in [6.07, 6.45) is 0.592. The Hall–Kier alpha value is -2.02. The molecule has 4 nitrogen and oxygen atoms in total. The Morgan fingerprint density at radius 2 is 2.31 bits per heavy atom. The molecule has 0 saturated carbocycles. The van der Waals surface area contributed by atoms with Crippen molar-refractivity contribution < 1.29 is 4.79 Å². The van der Waals surface area contributed by atoms with Crippen LogP contribution in [0.4, 0.5) is 5.69 Å². The first kappa shape index (κ1) is 12.1. The highest BCUT2D eigenvalue weighted by Crippen LogP contribution is 2.07. The van der Waals surface area contributed by atoms with Gasteiger partial charge in [-0.3, -0.25) is 4.79 Å². The lowest BCUT2D eigenvalue weighted by Crippen LogP contribution is -2.20. The fraction of sp³-hybridized carbons (Fsp3) is 0.333. The Balaban J connectivity index is 2.56. The monoisotopic (exact) mass is 217 g/mol. The third-order valence-corrected chi connectivity index (χ3v) is 1.90. The predicted octanol–water partition coefficient (Wildman–Crippen LogP) is 0.850. The van der Waals surface area contributed by atoms with Crippen molar-refractivity contribution in [2.24, 2.45) is 0 Å². The number of anilines is 1. The Kier molecular flexibility index (Phi) is 4.34. The molecule has 0 radical (unpaired) electrons. The molecule has 0 fully saturated rings. The number of nitrogens with zero attached hydrogens (tertiary/aromatic N) is 1. The van der Waals surface area contributed by atoms with Crippen LogP contribution in [0, 0.1) is 18.8 Å². The molecule has 1 rings (SSSR count). The fourth-order valence-corrected chi connectivity index (χ4v) is 1.11. The summed E-state index contributed by atoms with van der Waals surface area (Å²) in [5.74, 6) is 5.76. The molecule has 0 bridgehead atoms. The van der Waals surface area contributed by atoms with E-state index in [0.29, 0.717) is 24.3 Å². The smallest absolute Gasteiger partial charge is 0.216 e. The van der Waals surface area contributed by atoms with E-state index in [0.717, 1.165) is 5.69 Å². The first-order valence-electron chi connectivity index (χ1n) is 5.06. The highest BCUT2D eigenvalue weighted by Gasteiger charge is 1.96. The summed E-state index contributed by atoms with van der Waals surface area (Å²) in [7, 11) is 0. The largest absolute Gasteiger partial charge is 0.396 e. The number of carbonyl (C=O) groups excluding carboxylic acids is 1. The molecule has 84 valence electrons. The van der Waals surface area contributed by atoms with E-state index in [9.17, 15) is 4.79 Å². The summed E-state index contributed by atoms with van der Waals surface area (Å²) in [5.41, 5.74) is 7.79. The van der Waals surface area contributed by atoms with Crippen LogP contribution in [0.5, 0.6) is 0 Å². The predicted molar refractivity (Wildman–Crippen MR) is 63.6 cm³/mol. The summed E-state index contributed by atoms with van der Waals surface area (Å²) in [5, 5.41) is 2.66. The molecule has 1 aromatic rings. The highest BCUT2D eigenvalue weighted by atomic mass is 16.1. The van der Waals surface area contributed by atoms with Gasteiger partial charge in [0.15, 0.2) is 0 Å². The van der Waals surface area contributed by atoms with Crippen molar-refractivity contribution in [1.29, 1.82) is 0 Å². The van der Waals surface area contributed by atoms with Crippen LogP contribution in [0.3, 0.4) is 0 Å². The molecule has 0 aliphatic heterocycles. The van der Waals surface area contributed by atoms with E-state index in [-0.39, 0.29) is 5.91 Å². The van der Waals surface area contributed by atoms with Crippen LogP contribution in [0.25, 0.3) is 0 Å². The average Bonchev–Trinajstić information content (AvgIpc) is 2.22. The van der Waals surface area contributed by atoms with Crippen LogP contribution in [0.15, 0.2) is 12.1 Å². The van der Waals surface area contributed by atoms with Gasteiger partial charge in [-0.25, -0.2) is 4.98 Å². The van der Waals surface area contributed by atoms with E-state index in [4.69, 9.17) is 5.73 Å². The first-order valence-corrected chi connectivity index (χ1v) is 5.06. The molecular weight excluding hydrogens is 202 g/mol. The zero-order chi connectivity index (χ0) is 12.0. The fourth-order valence-electron chi connectivity index (χ4n) is 1.11. The SMILES string of the molecule is CC(=O)NCCC#Cc1nc(C)ccc1N. The van der Waals surface area contributed by atoms with E-state index in [1.165, 1.54) is 6.92 Å². The molecule has 3 N–H and O–H groups in total. The zero-order valence-corrected chi connectivity index (χ0v) is 9.50. The highest BCUT2D eigenvalue weighted by molar-refractivity contribution is 5.72. The van der Waals surface area contributed by atoms with Gasteiger partial charge >= 0.3 is 0 Å². The summed E-state index contributed by atoms with van der Waals surface area (Å²) in [6.45, 7) is 3.92. The normalized spacial score (nSPS) is 9.12. The number of nitrogen functional groups attached to an aromatic ring is 1. The lowest BCUT2D eigenvalue weighted by atomic mass is 10.2. The second-order valence-electron chi connectivity index (χ2n) is 3.43. The van der Waals surface area contributed by atoms with Crippen molar-refractivity contribution in [2.45, 2.75) is 20.3 Å². The quantitative estimate of drug-likeness (QED) is 0.570. The van der Waals surface area contributed by atoms with E-state index in [1.807, 2.05) is 13.0 Å². The zero-order valence-electron chi connectivity index (χ0n) is 9.50. The van der Waals surface area contributed by atoms with Gasteiger partial charge in [-0.15, -0.1) is 0 Å². The number of carbonyl (C=O) groups is 1. The van der Waals surface area contributed by atoms with Gasteiger partial charge in [0.1, 0.15) is 5.69 Å². The van der Waals surface area contributed by atoms with Crippen molar-refractivity contribution in [3.63, 3.8) is 0 Å². The molecule has 1 amide bonds. The molecular formula is C12H15N3O. The molecule has 0 unspecified atom stereocenters. The van der Waals surface area contributed by atoms with E-state index < -0.39 is 0 Å². The van der Waals surface area contributed by atoms with E-state index in [2.05, 4.69) is 22.1 Å². The van der Waals surface area contributed by atoms with Gasteiger partial charge in [-0.1, -0.05) is 5.92 Å². The van der Waals surface area contributed by atoms with Crippen molar-refractivity contribution in [3.8, 4) is 11.8 Å². The third kappa shape index (κ3) is 4.01. The Morgan fingerprint density at radius 1 is 1.56 bits per heavy atom. The van der Waals surface area contributed by atoms with Gasteiger partial charge in [0.05, 0.1) is 5.69 Å². The molecule has 1 aromatic heterocycles. The van der Waals surface area contributed by atoms with Gasteiger partial charge in [0, 0.05) is 25.6 Å². The molecule has 4 heteroatoms. The number of aryl methyl sites for hydroxylation is 1.